The molecular formula is C14H16BrF3N2. The average Bonchev–Trinajstić information content (AvgIpc) is 2.37. The highest BCUT2D eigenvalue weighted by molar-refractivity contribution is 9.10. The fourth-order valence-electron chi connectivity index (χ4n) is 2.24. The highest BCUT2D eigenvalue weighted by Gasteiger charge is 2.34. The molecule has 1 atom stereocenters. The van der Waals surface area contributed by atoms with Crippen molar-refractivity contribution in [3.63, 3.8) is 0 Å². The smallest absolute Gasteiger partial charge is 0.367 e. The van der Waals surface area contributed by atoms with Gasteiger partial charge in [-0.1, -0.05) is 28.1 Å². The van der Waals surface area contributed by atoms with Gasteiger partial charge in [0.25, 0.3) is 0 Å². The van der Waals surface area contributed by atoms with Gasteiger partial charge in [-0.3, -0.25) is 0 Å². The maximum Gasteiger partial charge on any atom is 0.412 e. The second kappa shape index (κ2) is 5.77. The molecule has 0 unspecified atom stereocenters. The molecule has 2 N–H and O–H groups in total. The van der Waals surface area contributed by atoms with Gasteiger partial charge in [-0.05, 0) is 31.0 Å². The van der Waals surface area contributed by atoms with Gasteiger partial charge in [-0.15, -0.1) is 0 Å². The summed E-state index contributed by atoms with van der Waals surface area (Å²) in [5.41, 5.74) is 7.29. The lowest BCUT2D eigenvalue weighted by molar-refractivity contribution is -0.0943. The molecule has 0 radical (unpaired) electrons. The molecule has 0 amide bonds. The first-order valence-corrected chi connectivity index (χ1v) is 7.14. The Morgan fingerprint density at radius 2 is 2.05 bits per heavy atom. The van der Waals surface area contributed by atoms with Gasteiger partial charge in [0, 0.05) is 34.9 Å². The summed E-state index contributed by atoms with van der Waals surface area (Å²) in [6.07, 6.45) is -2.92. The van der Waals surface area contributed by atoms with Crippen molar-refractivity contribution in [2.45, 2.75) is 25.6 Å². The van der Waals surface area contributed by atoms with Gasteiger partial charge in [0.05, 0.1) is 0 Å². The number of nitrogens with zero attached hydrogens (tertiary/aromatic N) is 1. The Morgan fingerprint density at radius 1 is 1.35 bits per heavy atom. The summed E-state index contributed by atoms with van der Waals surface area (Å²) < 4.78 is 38.6. The number of rotatable bonds is 2. The monoisotopic (exact) mass is 348 g/mol. The van der Waals surface area contributed by atoms with Crippen LogP contribution in [0.25, 0.3) is 0 Å². The van der Waals surface area contributed by atoms with Crippen molar-refractivity contribution in [3.05, 3.63) is 39.9 Å². The minimum absolute atomic E-state index is 0.0240. The van der Waals surface area contributed by atoms with Crippen molar-refractivity contribution >= 4 is 21.6 Å². The fraction of sp³-hybridized carbons (Fsp3) is 0.429. The zero-order valence-electron chi connectivity index (χ0n) is 11.0. The molecule has 1 heterocycles. The highest BCUT2D eigenvalue weighted by Crippen LogP contribution is 2.33. The molecule has 1 aromatic carbocycles. The third-order valence-electron chi connectivity index (χ3n) is 3.41. The molecule has 6 heteroatoms. The van der Waals surface area contributed by atoms with Crippen molar-refractivity contribution in [1.29, 1.82) is 0 Å². The first kappa shape index (κ1) is 15.4. The van der Waals surface area contributed by atoms with E-state index < -0.39 is 11.7 Å². The molecule has 0 bridgehead atoms. The van der Waals surface area contributed by atoms with Crippen LogP contribution in [0.4, 0.5) is 18.9 Å². The van der Waals surface area contributed by atoms with E-state index in [-0.39, 0.29) is 19.0 Å². The second-order valence-electron chi connectivity index (χ2n) is 4.92. The van der Waals surface area contributed by atoms with E-state index in [2.05, 4.69) is 15.9 Å². The van der Waals surface area contributed by atoms with E-state index in [9.17, 15) is 13.2 Å². The number of halogens is 4. The summed E-state index contributed by atoms with van der Waals surface area (Å²) in [6.45, 7) is 2.53. The molecule has 20 heavy (non-hydrogen) atoms. The van der Waals surface area contributed by atoms with Gasteiger partial charge in [0.1, 0.15) is 0 Å². The van der Waals surface area contributed by atoms with Crippen LogP contribution in [0.1, 0.15) is 24.9 Å². The van der Waals surface area contributed by atoms with Crippen LogP contribution in [0.15, 0.2) is 34.3 Å². The molecule has 0 aliphatic carbocycles. The van der Waals surface area contributed by atoms with Crippen LogP contribution in [-0.4, -0.2) is 19.3 Å². The van der Waals surface area contributed by atoms with Crippen LogP contribution in [0.5, 0.6) is 0 Å². The number of nitrogens with two attached hydrogens (primary N) is 1. The number of hydrogen-bond donors (Lipinski definition) is 1. The molecular weight excluding hydrogens is 333 g/mol. The van der Waals surface area contributed by atoms with E-state index in [4.69, 9.17) is 5.73 Å². The van der Waals surface area contributed by atoms with Crippen LogP contribution >= 0.6 is 15.9 Å². The Labute approximate surface area is 124 Å². The zero-order chi connectivity index (χ0) is 14.9. The largest absolute Gasteiger partial charge is 0.412 e. The van der Waals surface area contributed by atoms with Crippen LogP contribution < -0.4 is 10.6 Å². The van der Waals surface area contributed by atoms with Crippen molar-refractivity contribution in [2.75, 3.05) is 18.0 Å². The Hall–Kier alpha value is -1.01. The maximum atomic E-state index is 12.6. The SMILES string of the molecule is C[C@@H](N)c1ccc(N2CC=C(C(F)(F)F)CC2)cc1Br. The molecule has 0 fully saturated rings. The Bertz CT molecular complexity index is 524. The first-order chi connectivity index (χ1) is 9.29. The van der Waals surface area contributed by atoms with E-state index in [1.807, 2.05) is 30.0 Å². The third kappa shape index (κ3) is 3.35. The van der Waals surface area contributed by atoms with E-state index in [1.165, 1.54) is 6.08 Å². The van der Waals surface area contributed by atoms with Crippen LogP contribution in [0.2, 0.25) is 0 Å². The topological polar surface area (TPSA) is 29.3 Å². The minimum atomic E-state index is -4.20. The standard InChI is InChI=1S/C14H16BrF3N2/c1-9(19)12-3-2-11(8-13(12)15)20-6-4-10(5-7-20)14(16,17)18/h2-4,8-9H,5-7,19H2,1H3/t9-/m1/s1. The van der Waals surface area contributed by atoms with E-state index in [0.717, 1.165) is 15.7 Å². The number of benzene rings is 1. The molecule has 2 rings (SSSR count). The van der Waals surface area contributed by atoms with Gasteiger partial charge in [0.15, 0.2) is 0 Å². The number of anilines is 1. The molecule has 0 spiro atoms. The number of hydrogen-bond acceptors (Lipinski definition) is 2. The van der Waals surface area contributed by atoms with Gasteiger partial charge in [-0.25, -0.2) is 0 Å². The maximum absolute atomic E-state index is 12.6. The summed E-state index contributed by atoms with van der Waals surface area (Å²) in [5, 5.41) is 0. The summed E-state index contributed by atoms with van der Waals surface area (Å²) in [4.78, 5) is 1.92. The lowest BCUT2D eigenvalue weighted by atomic mass is 10.1. The van der Waals surface area contributed by atoms with Crippen molar-refractivity contribution < 1.29 is 13.2 Å². The van der Waals surface area contributed by atoms with E-state index >= 15 is 0 Å². The molecule has 0 aromatic heterocycles. The molecule has 0 saturated heterocycles. The summed E-state index contributed by atoms with van der Waals surface area (Å²) in [7, 11) is 0. The van der Waals surface area contributed by atoms with E-state index in [1.54, 1.807) is 0 Å². The zero-order valence-corrected chi connectivity index (χ0v) is 12.6. The van der Waals surface area contributed by atoms with Gasteiger partial charge >= 0.3 is 6.18 Å². The summed E-state index contributed by atoms with van der Waals surface area (Å²) in [5.74, 6) is 0. The van der Waals surface area contributed by atoms with Gasteiger partial charge in [0.2, 0.25) is 0 Å². The molecule has 2 nitrogen and oxygen atoms in total. The molecule has 1 aliphatic heterocycles. The molecule has 0 saturated carbocycles. The van der Waals surface area contributed by atoms with Crippen molar-refractivity contribution in [3.8, 4) is 0 Å². The summed E-state index contributed by atoms with van der Waals surface area (Å²) >= 11 is 3.46. The normalized spacial score (nSPS) is 17.9. The van der Waals surface area contributed by atoms with Gasteiger partial charge < -0.3 is 10.6 Å². The fourth-order valence-corrected chi connectivity index (χ4v) is 2.97. The Kier molecular flexibility index (Phi) is 4.44. The van der Waals surface area contributed by atoms with Gasteiger partial charge in [-0.2, -0.15) is 13.2 Å². The summed E-state index contributed by atoms with van der Waals surface area (Å²) in [6, 6.07) is 5.63. The van der Waals surface area contributed by atoms with Crippen molar-refractivity contribution in [1.82, 2.24) is 0 Å². The lowest BCUT2D eigenvalue weighted by Gasteiger charge is -2.29. The van der Waals surface area contributed by atoms with Crippen molar-refractivity contribution in [2.24, 2.45) is 5.73 Å². The first-order valence-electron chi connectivity index (χ1n) is 6.35. The molecule has 1 aliphatic rings. The molecule has 110 valence electrons. The quantitative estimate of drug-likeness (QED) is 0.812. The Balaban J connectivity index is 2.15. The van der Waals surface area contributed by atoms with E-state index in [0.29, 0.717) is 6.54 Å². The predicted molar refractivity (Wildman–Crippen MR) is 77.7 cm³/mol. The molecule has 1 aromatic rings. The van der Waals surface area contributed by atoms with Crippen LogP contribution in [-0.2, 0) is 0 Å². The van der Waals surface area contributed by atoms with Crippen LogP contribution in [0, 0.1) is 0 Å². The number of alkyl halides is 3. The predicted octanol–water partition coefficient (Wildman–Crippen LogP) is 4.17. The second-order valence-corrected chi connectivity index (χ2v) is 5.77. The average molecular weight is 349 g/mol. The highest BCUT2D eigenvalue weighted by atomic mass is 79.9. The van der Waals surface area contributed by atoms with Crippen LogP contribution in [0.3, 0.4) is 0 Å². The Morgan fingerprint density at radius 3 is 2.50 bits per heavy atom. The third-order valence-corrected chi connectivity index (χ3v) is 4.10. The minimum Gasteiger partial charge on any atom is -0.367 e. The lowest BCUT2D eigenvalue weighted by Crippen LogP contribution is -2.31.